The monoisotopic (exact) mass is 304 g/mol. The smallest absolute Gasteiger partial charge is 0.390 e. The topological polar surface area (TPSA) is 38.5 Å². The second-order valence-electron chi connectivity index (χ2n) is 5.19. The Kier molecular flexibility index (Phi) is 6.48. The summed E-state index contributed by atoms with van der Waals surface area (Å²) in [5.74, 6) is 0.695. The average molecular weight is 304 g/mol. The largest absolute Gasteiger partial charge is 0.494 e. The number of benzene rings is 1. The highest BCUT2D eigenvalue weighted by Gasteiger charge is 2.27. The molecule has 0 aliphatic carbocycles. The van der Waals surface area contributed by atoms with Gasteiger partial charge in [0.25, 0.3) is 0 Å². The minimum absolute atomic E-state index is 0.0442. The van der Waals surface area contributed by atoms with Gasteiger partial charge in [-0.2, -0.15) is 13.2 Å². The normalized spacial score (nSPS) is 13.5. The molecule has 120 valence electrons. The van der Waals surface area contributed by atoms with Crippen LogP contribution >= 0.6 is 0 Å². The zero-order valence-corrected chi connectivity index (χ0v) is 12.7. The van der Waals surface area contributed by atoms with Gasteiger partial charge in [-0.05, 0) is 38.6 Å². The van der Waals surface area contributed by atoms with E-state index in [4.69, 9.17) is 10.5 Å². The molecule has 0 aliphatic rings. The van der Waals surface area contributed by atoms with Crippen LogP contribution in [0.5, 0.6) is 5.75 Å². The Balaban J connectivity index is 2.80. The summed E-state index contributed by atoms with van der Waals surface area (Å²) >= 11 is 0. The van der Waals surface area contributed by atoms with E-state index in [9.17, 15) is 13.2 Å². The lowest BCUT2D eigenvalue weighted by atomic mass is 10.0. The first kappa shape index (κ1) is 17.8. The average Bonchev–Trinajstić information content (AvgIpc) is 2.37. The molecule has 0 bridgehead atoms. The predicted octanol–water partition coefficient (Wildman–Crippen LogP) is 3.49. The van der Waals surface area contributed by atoms with Gasteiger partial charge in [-0.15, -0.1) is 0 Å². The zero-order chi connectivity index (χ0) is 16.0. The third-order valence-corrected chi connectivity index (χ3v) is 3.13. The van der Waals surface area contributed by atoms with Gasteiger partial charge in [-0.1, -0.05) is 6.07 Å². The van der Waals surface area contributed by atoms with Crippen molar-refractivity contribution in [1.29, 1.82) is 0 Å². The van der Waals surface area contributed by atoms with Gasteiger partial charge in [-0.3, -0.25) is 0 Å². The van der Waals surface area contributed by atoms with Gasteiger partial charge < -0.3 is 15.4 Å². The Morgan fingerprint density at radius 2 is 2.00 bits per heavy atom. The van der Waals surface area contributed by atoms with E-state index in [-0.39, 0.29) is 12.6 Å². The van der Waals surface area contributed by atoms with Gasteiger partial charge in [0.1, 0.15) is 5.75 Å². The maximum absolute atomic E-state index is 12.3. The van der Waals surface area contributed by atoms with E-state index in [0.29, 0.717) is 18.9 Å². The number of ether oxygens (including phenoxy) is 1. The molecule has 1 aromatic rings. The van der Waals surface area contributed by atoms with Gasteiger partial charge in [0.15, 0.2) is 0 Å². The molecular formula is C15H23F3N2O. The van der Waals surface area contributed by atoms with Crippen molar-refractivity contribution in [3.8, 4) is 5.75 Å². The highest BCUT2D eigenvalue weighted by atomic mass is 19.4. The summed E-state index contributed by atoms with van der Waals surface area (Å²) in [5.41, 5.74) is 7.65. The third-order valence-electron chi connectivity index (χ3n) is 3.13. The van der Waals surface area contributed by atoms with Crippen LogP contribution in [0.2, 0.25) is 0 Å². The first-order chi connectivity index (χ1) is 9.73. The van der Waals surface area contributed by atoms with Gasteiger partial charge in [0, 0.05) is 24.7 Å². The van der Waals surface area contributed by atoms with Crippen LogP contribution in [-0.2, 0) is 6.54 Å². The molecule has 1 atom stereocenters. The van der Waals surface area contributed by atoms with Crippen molar-refractivity contribution in [2.75, 3.05) is 20.2 Å². The van der Waals surface area contributed by atoms with E-state index >= 15 is 0 Å². The molecule has 6 heteroatoms. The van der Waals surface area contributed by atoms with E-state index in [1.165, 1.54) is 0 Å². The van der Waals surface area contributed by atoms with E-state index in [1.54, 1.807) is 11.9 Å². The predicted molar refractivity (Wildman–Crippen MR) is 77.2 cm³/mol. The quantitative estimate of drug-likeness (QED) is 0.838. The highest BCUT2D eigenvalue weighted by molar-refractivity contribution is 5.38. The molecule has 0 saturated heterocycles. The summed E-state index contributed by atoms with van der Waals surface area (Å²) in [6, 6.07) is 5.49. The highest BCUT2D eigenvalue weighted by Crippen LogP contribution is 2.25. The van der Waals surface area contributed by atoms with Crippen LogP contribution in [0.25, 0.3) is 0 Å². The lowest BCUT2D eigenvalue weighted by molar-refractivity contribution is -0.137. The summed E-state index contributed by atoms with van der Waals surface area (Å²) in [7, 11) is 1.67. The van der Waals surface area contributed by atoms with Crippen molar-refractivity contribution < 1.29 is 17.9 Å². The Morgan fingerprint density at radius 1 is 1.33 bits per heavy atom. The molecule has 0 aromatic heterocycles. The van der Waals surface area contributed by atoms with Crippen LogP contribution in [0.4, 0.5) is 13.2 Å². The third kappa shape index (κ3) is 6.35. The fourth-order valence-corrected chi connectivity index (χ4v) is 1.99. The van der Waals surface area contributed by atoms with Crippen molar-refractivity contribution in [3.05, 3.63) is 29.3 Å². The van der Waals surface area contributed by atoms with Crippen molar-refractivity contribution in [2.45, 2.75) is 39.0 Å². The minimum atomic E-state index is -4.13. The molecule has 2 N–H and O–H groups in total. The molecule has 1 aromatic carbocycles. The summed E-state index contributed by atoms with van der Waals surface area (Å²) in [5, 5.41) is 0. The molecular weight excluding hydrogens is 281 g/mol. The molecule has 0 radical (unpaired) electrons. The van der Waals surface area contributed by atoms with Crippen LogP contribution in [0.15, 0.2) is 18.2 Å². The van der Waals surface area contributed by atoms with Crippen LogP contribution in [0.1, 0.15) is 37.4 Å². The Morgan fingerprint density at radius 3 is 2.52 bits per heavy atom. The van der Waals surface area contributed by atoms with Crippen molar-refractivity contribution in [3.63, 3.8) is 0 Å². The number of halogens is 3. The Bertz CT molecular complexity index is 447. The summed E-state index contributed by atoms with van der Waals surface area (Å²) < 4.78 is 42.3. The number of alkyl halides is 3. The number of rotatable bonds is 7. The number of hydrogen-bond acceptors (Lipinski definition) is 3. The molecule has 0 fully saturated rings. The van der Waals surface area contributed by atoms with Crippen LogP contribution < -0.4 is 10.5 Å². The van der Waals surface area contributed by atoms with Gasteiger partial charge >= 0.3 is 6.18 Å². The fourth-order valence-electron chi connectivity index (χ4n) is 1.99. The molecule has 0 spiro atoms. The van der Waals surface area contributed by atoms with Gasteiger partial charge in [0.2, 0.25) is 0 Å². The number of nitrogens with zero attached hydrogens (tertiary/aromatic N) is 1. The minimum Gasteiger partial charge on any atom is -0.494 e. The Labute approximate surface area is 123 Å². The molecule has 0 heterocycles. The molecule has 0 amide bonds. The maximum atomic E-state index is 12.3. The van der Waals surface area contributed by atoms with Crippen molar-refractivity contribution >= 4 is 0 Å². The van der Waals surface area contributed by atoms with Gasteiger partial charge in [-0.25, -0.2) is 0 Å². The number of nitrogens with two attached hydrogens (primary N) is 1. The Hall–Kier alpha value is -1.27. The van der Waals surface area contributed by atoms with Crippen LogP contribution in [0.3, 0.4) is 0 Å². The second kappa shape index (κ2) is 7.66. The molecule has 21 heavy (non-hydrogen) atoms. The first-order valence-electron chi connectivity index (χ1n) is 6.99. The summed E-state index contributed by atoms with van der Waals surface area (Å²) in [6.07, 6.45) is -4.95. The molecule has 1 unspecified atom stereocenters. The molecule has 0 saturated carbocycles. The first-order valence-corrected chi connectivity index (χ1v) is 6.99. The molecule has 0 aliphatic heterocycles. The van der Waals surface area contributed by atoms with Gasteiger partial charge in [0.05, 0.1) is 13.0 Å². The fraction of sp³-hybridized carbons (Fsp3) is 0.600. The standard InChI is InChI=1S/C15H23F3N2O/c1-4-21-14-6-5-12(11(2)19)9-13(14)10-20(3)8-7-15(16,17)18/h5-6,9,11H,4,7-8,10,19H2,1-3H3. The van der Waals surface area contributed by atoms with Crippen molar-refractivity contribution in [2.24, 2.45) is 5.73 Å². The molecule has 3 nitrogen and oxygen atoms in total. The summed E-state index contributed by atoms with van der Waals surface area (Å²) in [4.78, 5) is 1.64. The van der Waals surface area contributed by atoms with E-state index in [0.717, 1.165) is 11.1 Å². The van der Waals surface area contributed by atoms with E-state index in [2.05, 4.69) is 0 Å². The van der Waals surface area contributed by atoms with Crippen LogP contribution in [0, 0.1) is 0 Å². The van der Waals surface area contributed by atoms with E-state index < -0.39 is 12.6 Å². The van der Waals surface area contributed by atoms with Crippen molar-refractivity contribution in [1.82, 2.24) is 4.90 Å². The van der Waals surface area contributed by atoms with E-state index in [1.807, 2.05) is 32.0 Å². The maximum Gasteiger partial charge on any atom is 0.390 e. The lowest BCUT2D eigenvalue weighted by Gasteiger charge is -2.20. The zero-order valence-electron chi connectivity index (χ0n) is 12.7. The van der Waals surface area contributed by atoms with Crippen LogP contribution in [-0.4, -0.2) is 31.3 Å². The number of hydrogen-bond donors (Lipinski definition) is 1. The SMILES string of the molecule is CCOc1ccc(C(C)N)cc1CN(C)CCC(F)(F)F. The second-order valence-corrected chi connectivity index (χ2v) is 5.19. The molecule has 1 rings (SSSR count). The summed E-state index contributed by atoms with van der Waals surface area (Å²) in [6.45, 7) is 4.60. The lowest BCUT2D eigenvalue weighted by Crippen LogP contribution is -2.24.